The van der Waals surface area contributed by atoms with Crippen molar-refractivity contribution in [2.45, 2.75) is 59.5 Å². The molecule has 1 aromatic heterocycles. The molecule has 0 aliphatic heterocycles. The molecule has 1 heterocycles. The highest BCUT2D eigenvalue weighted by Crippen LogP contribution is 2.22. The quantitative estimate of drug-likeness (QED) is 0.653. The van der Waals surface area contributed by atoms with E-state index in [-0.39, 0.29) is 6.04 Å². The molecule has 0 aliphatic carbocycles. The van der Waals surface area contributed by atoms with Gasteiger partial charge in [-0.3, -0.25) is 0 Å². The average molecular weight is 335 g/mol. The Morgan fingerprint density at radius 2 is 1.92 bits per heavy atom. The van der Waals surface area contributed by atoms with Crippen molar-refractivity contribution >= 4 is 0 Å². The van der Waals surface area contributed by atoms with Crippen molar-refractivity contribution < 1.29 is 13.9 Å². The van der Waals surface area contributed by atoms with E-state index in [1.54, 1.807) is 13.4 Å². The van der Waals surface area contributed by atoms with Crippen LogP contribution in [0.25, 0.3) is 0 Å². The van der Waals surface area contributed by atoms with Gasteiger partial charge in [0.15, 0.2) is 0 Å². The van der Waals surface area contributed by atoms with Gasteiger partial charge in [0.25, 0.3) is 0 Å². The lowest BCUT2D eigenvalue weighted by Crippen LogP contribution is -2.28. The number of hydrogen-bond donors (Lipinski definition) is 1. The summed E-state index contributed by atoms with van der Waals surface area (Å²) in [5.41, 5.74) is 2.20. The fourth-order valence-electron chi connectivity index (χ4n) is 2.33. The molecule has 2 atom stereocenters. The Kier molecular flexibility index (Phi) is 9.50. The zero-order chi connectivity index (χ0) is 17.9. The minimum absolute atomic E-state index is 0.210. The maximum atomic E-state index is 5.99. The van der Waals surface area contributed by atoms with E-state index in [0.29, 0.717) is 19.3 Å². The molecule has 0 aliphatic rings. The van der Waals surface area contributed by atoms with Crippen LogP contribution in [0.5, 0.6) is 5.75 Å². The normalized spacial score (nSPS) is 13.2. The highest BCUT2D eigenvalue weighted by Gasteiger charge is 2.10. The van der Waals surface area contributed by atoms with Crippen LogP contribution in [0, 0.1) is 13.8 Å². The molecule has 0 radical (unpaired) electrons. The SMILES string of the molecule is CCC(C)NC(C)c1cc(C)occc(C)c(OCCCOC)c1. The Morgan fingerprint density at radius 3 is 2.58 bits per heavy atom. The highest BCUT2D eigenvalue weighted by molar-refractivity contribution is 5.33. The monoisotopic (exact) mass is 335 g/mol. The smallest absolute Gasteiger partial charge is 0.122 e. The Hall–Kier alpha value is -1.52. The third-order valence-electron chi connectivity index (χ3n) is 4.03. The van der Waals surface area contributed by atoms with Crippen LogP contribution in [-0.2, 0) is 4.74 Å². The zero-order valence-electron chi connectivity index (χ0n) is 16.0. The Balaban J connectivity index is 3.15. The van der Waals surface area contributed by atoms with Crippen LogP contribution in [0.15, 0.2) is 28.9 Å². The van der Waals surface area contributed by atoms with Crippen molar-refractivity contribution in [3.05, 3.63) is 41.3 Å². The van der Waals surface area contributed by atoms with E-state index in [1.165, 1.54) is 0 Å². The van der Waals surface area contributed by atoms with E-state index in [9.17, 15) is 0 Å². The molecular formula is C20H33NO3. The first kappa shape index (κ1) is 20.5. The number of aryl methyl sites for hydroxylation is 2. The number of methoxy groups -OCH3 is 1. The fraction of sp³-hybridized carbons (Fsp3) is 0.600. The molecule has 0 spiro atoms. The van der Waals surface area contributed by atoms with Gasteiger partial charge >= 0.3 is 0 Å². The molecule has 4 heteroatoms. The molecule has 0 saturated heterocycles. The predicted octanol–water partition coefficient (Wildman–Crippen LogP) is 4.89. The van der Waals surface area contributed by atoms with E-state index in [2.05, 4.69) is 38.2 Å². The lowest BCUT2D eigenvalue weighted by atomic mass is 10.1. The summed E-state index contributed by atoms with van der Waals surface area (Å²) in [4.78, 5) is 0. The first-order valence-corrected chi connectivity index (χ1v) is 8.79. The van der Waals surface area contributed by atoms with Crippen molar-refractivity contribution in [3.63, 3.8) is 0 Å². The lowest BCUT2D eigenvalue weighted by Gasteiger charge is -2.19. The summed E-state index contributed by atoms with van der Waals surface area (Å²) >= 11 is 0. The minimum atomic E-state index is 0.210. The molecule has 0 amide bonds. The summed E-state index contributed by atoms with van der Waals surface area (Å²) in [6.07, 6.45) is 3.67. The fourth-order valence-corrected chi connectivity index (χ4v) is 2.33. The third-order valence-corrected chi connectivity index (χ3v) is 4.03. The summed E-state index contributed by atoms with van der Waals surface area (Å²) < 4.78 is 16.7. The summed E-state index contributed by atoms with van der Waals surface area (Å²) in [7, 11) is 1.71. The average Bonchev–Trinajstić information content (AvgIpc) is 2.61. The lowest BCUT2D eigenvalue weighted by molar-refractivity contribution is 0.172. The Labute approximate surface area is 146 Å². The van der Waals surface area contributed by atoms with Gasteiger partial charge in [-0.25, -0.2) is 0 Å². The second-order valence-electron chi connectivity index (χ2n) is 6.26. The molecule has 0 aromatic carbocycles. The van der Waals surface area contributed by atoms with Crippen LogP contribution in [-0.4, -0.2) is 26.4 Å². The molecule has 0 bridgehead atoms. The van der Waals surface area contributed by atoms with Crippen molar-refractivity contribution in [3.8, 4) is 5.75 Å². The van der Waals surface area contributed by atoms with Gasteiger partial charge in [0.05, 0.1) is 12.9 Å². The van der Waals surface area contributed by atoms with Crippen molar-refractivity contribution in [1.29, 1.82) is 0 Å². The second-order valence-corrected chi connectivity index (χ2v) is 6.26. The Morgan fingerprint density at radius 1 is 1.17 bits per heavy atom. The van der Waals surface area contributed by atoms with E-state index in [1.807, 2.05) is 19.9 Å². The van der Waals surface area contributed by atoms with Crippen LogP contribution in [0.1, 0.15) is 56.5 Å². The Bertz CT molecular complexity index is 538. The third kappa shape index (κ3) is 7.37. The maximum Gasteiger partial charge on any atom is 0.122 e. The van der Waals surface area contributed by atoms with E-state index in [0.717, 1.165) is 35.5 Å². The van der Waals surface area contributed by atoms with Crippen LogP contribution in [0.2, 0.25) is 0 Å². The highest BCUT2D eigenvalue weighted by atomic mass is 16.5. The van der Waals surface area contributed by atoms with Crippen LogP contribution in [0.3, 0.4) is 0 Å². The molecule has 0 fully saturated rings. The van der Waals surface area contributed by atoms with Gasteiger partial charge in [-0.05, 0) is 63.4 Å². The number of hydrogen-bond acceptors (Lipinski definition) is 4. The number of rotatable bonds is 9. The summed E-state index contributed by atoms with van der Waals surface area (Å²) in [5.74, 6) is 1.74. The predicted molar refractivity (Wildman–Crippen MR) is 99.1 cm³/mol. The molecule has 24 heavy (non-hydrogen) atoms. The van der Waals surface area contributed by atoms with Gasteiger partial charge in [0.2, 0.25) is 0 Å². The van der Waals surface area contributed by atoms with Crippen LogP contribution >= 0.6 is 0 Å². The molecule has 136 valence electrons. The van der Waals surface area contributed by atoms with Gasteiger partial charge < -0.3 is 19.2 Å². The molecule has 2 unspecified atom stereocenters. The van der Waals surface area contributed by atoms with E-state index in [4.69, 9.17) is 13.9 Å². The van der Waals surface area contributed by atoms with E-state index >= 15 is 0 Å². The van der Waals surface area contributed by atoms with Crippen molar-refractivity contribution in [1.82, 2.24) is 5.32 Å². The van der Waals surface area contributed by atoms with Gasteiger partial charge in [-0.2, -0.15) is 0 Å². The molecule has 1 N–H and O–H groups in total. The standard InChI is InChI=1S/C20H33NO3/c1-7-16(3)21-18(5)19-13-17(4)23-12-9-15(2)20(14-19)24-11-8-10-22-6/h9,12-14,16,18,21H,7-8,10-11H2,1-6H3. The number of ether oxygens (including phenoxy) is 2. The van der Waals surface area contributed by atoms with Gasteiger partial charge in [-0.1, -0.05) is 6.92 Å². The molecule has 0 saturated carbocycles. The van der Waals surface area contributed by atoms with Crippen LogP contribution < -0.4 is 10.1 Å². The molecule has 1 rings (SSSR count). The topological polar surface area (TPSA) is 43.6 Å². The van der Waals surface area contributed by atoms with Crippen molar-refractivity contribution in [2.24, 2.45) is 0 Å². The second kappa shape index (κ2) is 11.1. The van der Waals surface area contributed by atoms with Gasteiger partial charge in [0, 0.05) is 32.2 Å². The van der Waals surface area contributed by atoms with E-state index < -0.39 is 0 Å². The van der Waals surface area contributed by atoms with Crippen molar-refractivity contribution in [2.75, 3.05) is 20.3 Å². The molecule has 1 aromatic rings. The van der Waals surface area contributed by atoms with Gasteiger partial charge in [0.1, 0.15) is 11.5 Å². The summed E-state index contributed by atoms with van der Waals surface area (Å²) in [6, 6.07) is 6.79. The first-order valence-electron chi connectivity index (χ1n) is 8.79. The minimum Gasteiger partial charge on any atom is -0.493 e. The summed E-state index contributed by atoms with van der Waals surface area (Å²) in [5, 5.41) is 3.61. The molecular weight excluding hydrogens is 302 g/mol. The first-order chi connectivity index (χ1) is 11.5. The zero-order valence-corrected chi connectivity index (χ0v) is 16.0. The summed E-state index contributed by atoms with van der Waals surface area (Å²) in [6.45, 7) is 11.9. The maximum absolute atomic E-state index is 5.99. The largest absolute Gasteiger partial charge is 0.493 e. The van der Waals surface area contributed by atoms with Gasteiger partial charge in [-0.15, -0.1) is 0 Å². The van der Waals surface area contributed by atoms with Crippen LogP contribution in [0.4, 0.5) is 0 Å². The number of nitrogens with one attached hydrogen (secondary N) is 1. The molecule has 4 nitrogen and oxygen atoms in total.